The standard InChI is InChI=1S/C49H46N5O.Pt/c1-47(2,3)33-21-22-51-46(27-33)54-42-20-17-32(30-50)23-41(42)40-19-18-39(29-45(40)54)55-38-14-12-13-36(28-38)52-31-53(44-16-11-10-15-43(44)52)37-25-34(48(4,5)6)24-35(26-37)49(7,8)9;/h10-27,31H,1-9H3;/q-3;. The molecule has 0 bridgehead atoms. The van der Waals surface area contributed by atoms with Crippen LogP contribution in [0.2, 0.25) is 0 Å². The van der Waals surface area contributed by atoms with E-state index in [0.717, 1.165) is 50.4 Å². The van der Waals surface area contributed by atoms with Crippen molar-refractivity contribution in [2.24, 2.45) is 0 Å². The SMILES string of the molecule is CC(C)(C)c1cc(N2[CH-]N(c3[c-]c(Oc4[c-]c5c(cc4)c4cc(C#N)ccc4n5-c4cc(C(C)(C)C)ccn4)ccc3)c3ccccc32)cc(C(C)(C)C)c1.[Pt]. The van der Waals surface area contributed by atoms with Gasteiger partial charge >= 0.3 is 0 Å². The molecule has 56 heavy (non-hydrogen) atoms. The Hall–Kier alpha value is -5.37. The fourth-order valence-corrected chi connectivity index (χ4v) is 7.18. The summed E-state index contributed by atoms with van der Waals surface area (Å²) in [6.07, 6.45) is 1.86. The molecule has 8 rings (SSSR count). The summed E-state index contributed by atoms with van der Waals surface area (Å²) in [4.78, 5) is 9.26. The number of pyridine rings is 1. The maximum atomic E-state index is 9.73. The molecule has 7 aromatic rings. The van der Waals surface area contributed by atoms with Crippen molar-refractivity contribution in [3.05, 3.63) is 150 Å². The van der Waals surface area contributed by atoms with Crippen LogP contribution >= 0.6 is 0 Å². The monoisotopic (exact) mass is 915 g/mol. The average molecular weight is 916 g/mol. The molecule has 0 atom stereocenters. The van der Waals surface area contributed by atoms with Gasteiger partial charge in [-0.2, -0.15) is 17.4 Å². The van der Waals surface area contributed by atoms with Gasteiger partial charge in [0.1, 0.15) is 5.82 Å². The number of para-hydroxylation sites is 2. The predicted octanol–water partition coefficient (Wildman–Crippen LogP) is 12.7. The third kappa shape index (κ3) is 7.22. The van der Waals surface area contributed by atoms with Gasteiger partial charge in [-0.05, 0) is 92.9 Å². The van der Waals surface area contributed by atoms with E-state index in [0.29, 0.717) is 17.1 Å². The number of anilines is 4. The van der Waals surface area contributed by atoms with E-state index in [1.54, 1.807) is 0 Å². The number of hydrogen-bond donors (Lipinski definition) is 0. The van der Waals surface area contributed by atoms with E-state index in [2.05, 4.69) is 162 Å². The van der Waals surface area contributed by atoms with Crippen LogP contribution in [-0.4, -0.2) is 9.55 Å². The molecule has 5 aromatic carbocycles. The smallest absolute Gasteiger partial charge is 0.135 e. The van der Waals surface area contributed by atoms with Crippen molar-refractivity contribution >= 4 is 44.6 Å². The van der Waals surface area contributed by atoms with Crippen molar-refractivity contribution in [1.29, 1.82) is 5.26 Å². The Balaban J connectivity index is 0.00000480. The van der Waals surface area contributed by atoms with Crippen LogP contribution in [0.4, 0.5) is 22.7 Å². The van der Waals surface area contributed by atoms with Gasteiger partial charge < -0.3 is 19.1 Å². The van der Waals surface area contributed by atoms with Gasteiger partial charge in [0, 0.05) is 61.3 Å². The maximum absolute atomic E-state index is 9.73. The van der Waals surface area contributed by atoms with Crippen LogP contribution in [0.5, 0.6) is 11.5 Å². The molecule has 0 N–H and O–H groups in total. The van der Waals surface area contributed by atoms with Crippen molar-refractivity contribution in [2.75, 3.05) is 9.80 Å². The zero-order chi connectivity index (χ0) is 38.9. The largest absolute Gasteiger partial charge is 0.509 e. The molecule has 0 fully saturated rings. The quantitative estimate of drug-likeness (QED) is 0.161. The molecule has 1 aliphatic heterocycles. The van der Waals surface area contributed by atoms with Gasteiger partial charge in [0.15, 0.2) is 0 Å². The van der Waals surface area contributed by atoms with Crippen molar-refractivity contribution in [1.82, 2.24) is 9.55 Å². The first-order valence-corrected chi connectivity index (χ1v) is 18.8. The third-order valence-corrected chi connectivity index (χ3v) is 10.4. The van der Waals surface area contributed by atoms with Crippen molar-refractivity contribution < 1.29 is 25.8 Å². The second-order valence-electron chi connectivity index (χ2n) is 17.5. The van der Waals surface area contributed by atoms with Gasteiger partial charge in [-0.3, -0.25) is 0 Å². The van der Waals surface area contributed by atoms with E-state index in [-0.39, 0.29) is 37.3 Å². The summed E-state index contributed by atoms with van der Waals surface area (Å²) in [5, 5.41) is 11.7. The topological polar surface area (TPSA) is 57.3 Å². The average Bonchev–Trinajstić information content (AvgIpc) is 3.69. The summed E-state index contributed by atoms with van der Waals surface area (Å²) in [5.41, 5.74) is 10.2. The molecule has 0 amide bonds. The van der Waals surface area contributed by atoms with Crippen LogP contribution in [0, 0.1) is 30.1 Å². The Morgan fingerprint density at radius 2 is 1.30 bits per heavy atom. The number of aromatic nitrogens is 2. The van der Waals surface area contributed by atoms with Gasteiger partial charge in [-0.25, -0.2) is 4.98 Å². The van der Waals surface area contributed by atoms with E-state index >= 15 is 0 Å². The van der Waals surface area contributed by atoms with Crippen LogP contribution in [0.25, 0.3) is 27.6 Å². The van der Waals surface area contributed by atoms with Crippen molar-refractivity contribution in [3.63, 3.8) is 0 Å². The molecule has 6 nitrogen and oxygen atoms in total. The number of fused-ring (bicyclic) bond motifs is 4. The Kier molecular flexibility index (Phi) is 9.92. The predicted molar refractivity (Wildman–Crippen MR) is 225 cm³/mol. The molecular formula is C49H46N5OPt-3. The second kappa shape index (κ2) is 14.3. The van der Waals surface area contributed by atoms with Gasteiger partial charge in [-0.15, -0.1) is 48.1 Å². The number of ether oxygens (including phenoxy) is 1. The first-order chi connectivity index (χ1) is 26.1. The minimum atomic E-state index is -0.0561. The summed E-state index contributed by atoms with van der Waals surface area (Å²) in [6.45, 7) is 22.4. The van der Waals surface area contributed by atoms with Crippen LogP contribution in [-0.2, 0) is 37.3 Å². The molecular weight excluding hydrogens is 870 g/mol. The molecule has 0 saturated heterocycles. The molecule has 3 heterocycles. The minimum absolute atomic E-state index is 0. The van der Waals surface area contributed by atoms with E-state index in [4.69, 9.17) is 9.72 Å². The molecule has 7 heteroatoms. The van der Waals surface area contributed by atoms with Crippen LogP contribution in [0.1, 0.15) is 84.6 Å². The van der Waals surface area contributed by atoms with E-state index in [1.165, 1.54) is 16.7 Å². The first kappa shape index (κ1) is 38.9. The summed E-state index contributed by atoms with van der Waals surface area (Å²) in [6, 6.07) is 44.8. The van der Waals surface area contributed by atoms with E-state index < -0.39 is 0 Å². The van der Waals surface area contributed by atoms with Crippen molar-refractivity contribution in [2.45, 2.75) is 78.6 Å². The number of nitrogens with zero attached hydrogens (tertiary/aromatic N) is 5. The normalized spacial score (nSPS) is 13.1. The molecule has 0 spiro atoms. The second-order valence-corrected chi connectivity index (χ2v) is 17.5. The molecule has 0 aliphatic carbocycles. The maximum Gasteiger partial charge on any atom is 0.135 e. The Labute approximate surface area is 345 Å². The molecule has 286 valence electrons. The van der Waals surface area contributed by atoms with Crippen LogP contribution in [0.15, 0.2) is 109 Å². The summed E-state index contributed by atoms with van der Waals surface area (Å²) >= 11 is 0. The number of rotatable bonds is 5. The zero-order valence-corrected chi connectivity index (χ0v) is 35.7. The molecule has 0 radical (unpaired) electrons. The van der Waals surface area contributed by atoms with E-state index in [1.807, 2.05) is 48.7 Å². The Morgan fingerprint density at radius 1 is 0.643 bits per heavy atom. The van der Waals surface area contributed by atoms with Gasteiger partial charge in [-0.1, -0.05) is 86.0 Å². The number of benzene rings is 5. The number of hydrogen-bond acceptors (Lipinski definition) is 5. The van der Waals surface area contributed by atoms with E-state index in [9.17, 15) is 5.26 Å². The zero-order valence-electron chi connectivity index (χ0n) is 33.4. The molecule has 2 aromatic heterocycles. The molecule has 0 saturated carbocycles. The Bertz CT molecular complexity index is 2620. The minimum Gasteiger partial charge on any atom is -0.509 e. The summed E-state index contributed by atoms with van der Waals surface area (Å²) in [5.74, 6) is 1.91. The fraction of sp³-hybridized carbons (Fsp3) is 0.245. The molecule has 1 aliphatic rings. The van der Waals surface area contributed by atoms with Crippen LogP contribution in [0.3, 0.4) is 0 Å². The Morgan fingerprint density at radius 3 is 1.96 bits per heavy atom. The van der Waals surface area contributed by atoms with Gasteiger partial charge in [0.05, 0.1) is 11.6 Å². The summed E-state index contributed by atoms with van der Waals surface area (Å²) < 4.78 is 8.66. The van der Waals surface area contributed by atoms with Gasteiger partial charge in [0.2, 0.25) is 0 Å². The third-order valence-electron chi connectivity index (χ3n) is 10.4. The first-order valence-electron chi connectivity index (χ1n) is 18.8. The van der Waals surface area contributed by atoms with Gasteiger partial charge in [0.25, 0.3) is 0 Å². The summed E-state index contributed by atoms with van der Waals surface area (Å²) in [7, 11) is 0. The van der Waals surface area contributed by atoms with Crippen LogP contribution < -0.4 is 14.5 Å². The molecule has 0 unspecified atom stereocenters. The van der Waals surface area contributed by atoms with Crippen molar-refractivity contribution in [3.8, 4) is 23.4 Å². The number of nitriles is 1. The fourth-order valence-electron chi connectivity index (χ4n) is 7.18.